The Morgan fingerprint density at radius 2 is 1.94 bits per heavy atom. The van der Waals surface area contributed by atoms with Gasteiger partial charge in [0.25, 0.3) is 0 Å². The van der Waals surface area contributed by atoms with Crippen LogP contribution in [-0.4, -0.2) is 48.3 Å². The van der Waals surface area contributed by atoms with Gasteiger partial charge < -0.3 is 19.7 Å². The molecule has 35 heavy (non-hydrogen) atoms. The molecule has 2 atom stereocenters. The molecule has 6 nitrogen and oxygen atoms in total. The number of nitrogens with zero attached hydrogens (tertiary/aromatic N) is 4. The predicted molar refractivity (Wildman–Crippen MR) is 144 cm³/mol. The standard InChI is InChI=1S/C27H31ClN5OP/c1-32-14-18-8-6-7-17-11-20(12-19(15-32)25(17)18)30-27-29-13-22(28)26(31-27)33-16-24(35(2,3)34)21-9-4-5-10-23(21)33/h4-5,9-13,18,24H,6-8,14-16H2,1-3H3,(H,29,30,31). The van der Waals surface area contributed by atoms with Gasteiger partial charge in [0.2, 0.25) is 5.95 Å². The smallest absolute Gasteiger partial charge is 0.229 e. The van der Waals surface area contributed by atoms with E-state index in [2.05, 4.69) is 51.4 Å². The van der Waals surface area contributed by atoms with E-state index in [1.165, 1.54) is 24.0 Å². The van der Waals surface area contributed by atoms with Gasteiger partial charge in [0.15, 0.2) is 5.82 Å². The number of anilines is 4. The van der Waals surface area contributed by atoms with Gasteiger partial charge >= 0.3 is 0 Å². The third-order valence-electron chi connectivity index (χ3n) is 7.66. The Morgan fingerprint density at radius 3 is 2.77 bits per heavy atom. The van der Waals surface area contributed by atoms with Gasteiger partial charge in [0, 0.05) is 31.0 Å². The van der Waals surface area contributed by atoms with Gasteiger partial charge in [-0.1, -0.05) is 29.8 Å². The van der Waals surface area contributed by atoms with Crippen LogP contribution in [0, 0.1) is 0 Å². The Bertz CT molecular complexity index is 1360. The minimum Gasteiger partial charge on any atom is -0.324 e. The third kappa shape index (κ3) is 4.16. The van der Waals surface area contributed by atoms with Crippen LogP contribution >= 0.6 is 18.7 Å². The van der Waals surface area contributed by atoms with Gasteiger partial charge in [-0.2, -0.15) is 4.98 Å². The van der Waals surface area contributed by atoms with Crippen LogP contribution in [0.15, 0.2) is 42.6 Å². The maximum absolute atomic E-state index is 13.1. The second-order valence-electron chi connectivity index (χ2n) is 10.6. The van der Waals surface area contributed by atoms with Crippen LogP contribution in [0.5, 0.6) is 0 Å². The molecule has 0 bridgehead atoms. The number of rotatable bonds is 4. The molecule has 6 rings (SSSR count). The zero-order valence-corrected chi connectivity index (χ0v) is 22.1. The number of hydrogen-bond acceptors (Lipinski definition) is 6. The number of fused-ring (bicyclic) bond motifs is 1. The van der Waals surface area contributed by atoms with Crippen molar-refractivity contribution in [1.82, 2.24) is 14.9 Å². The first-order chi connectivity index (χ1) is 16.8. The van der Waals surface area contributed by atoms with E-state index < -0.39 is 7.14 Å². The third-order valence-corrected chi connectivity index (χ3v) is 9.87. The van der Waals surface area contributed by atoms with Gasteiger partial charge in [-0.15, -0.1) is 0 Å². The van der Waals surface area contributed by atoms with Crippen molar-refractivity contribution < 1.29 is 4.57 Å². The molecule has 2 unspecified atom stereocenters. The van der Waals surface area contributed by atoms with Gasteiger partial charge in [-0.05, 0) is 86.0 Å². The summed E-state index contributed by atoms with van der Waals surface area (Å²) in [6.07, 6.45) is 5.31. The van der Waals surface area contributed by atoms with Gasteiger partial charge in [0.05, 0.1) is 19.0 Å². The number of para-hydroxylation sites is 1. The SMILES string of the molecule is CN1Cc2cc(Nc3ncc(Cl)c(N4CC(P(C)(C)=O)c5ccccc54)n3)cc3c2C(CCC3)C1. The molecule has 3 aliphatic rings. The Labute approximate surface area is 212 Å². The molecule has 3 aromatic rings. The monoisotopic (exact) mass is 507 g/mol. The summed E-state index contributed by atoms with van der Waals surface area (Å²) in [5.41, 5.74) is 7.53. The fraction of sp³-hybridized carbons (Fsp3) is 0.407. The van der Waals surface area contributed by atoms with Crippen LogP contribution in [0.1, 0.15) is 46.7 Å². The maximum atomic E-state index is 13.1. The molecular weight excluding hydrogens is 477 g/mol. The summed E-state index contributed by atoms with van der Waals surface area (Å²) >= 11 is 6.62. The predicted octanol–water partition coefficient (Wildman–Crippen LogP) is 6.55. The van der Waals surface area contributed by atoms with Crippen LogP contribution in [0.2, 0.25) is 5.02 Å². The molecule has 182 valence electrons. The van der Waals surface area contributed by atoms with Crippen molar-refractivity contribution in [2.75, 3.05) is 43.7 Å². The van der Waals surface area contributed by atoms with Crippen molar-refractivity contribution in [3.8, 4) is 0 Å². The van der Waals surface area contributed by atoms with E-state index in [4.69, 9.17) is 16.6 Å². The molecule has 2 aliphatic heterocycles. The molecule has 0 amide bonds. The molecule has 1 N–H and O–H groups in total. The Morgan fingerprint density at radius 1 is 1.14 bits per heavy atom. The average Bonchev–Trinajstić information content (AvgIpc) is 3.20. The zero-order valence-electron chi connectivity index (χ0n) is 20.5. The van der Waals surface area contributed by atoms with E-state index in [-0.39, 0.29) is 5.66 Å². The van der Waals surface area contributed by atoms with E-state index in [9.17, 15) is 4.57 Å². The summed E-state index contributed by atoms with van der Waals surface area (Å²) in [5.74, 6) is 1.81. The number of halogens is 1. The Balaban J connectivity index is 1.35. The highest BCUT2D eigenvalue weighted by Gasteiger charge is 2.37. The molecule has 1 aliphatic carbocycles. The summed E-state index contributed by atoms with van der Waals surface area (Å²) < 4.78 is 13.1. The number of benzene rings is 2. The van der Waals surface area contributed by atoms with Crippen LogP contribution in [0.3, 0.4) is 0 Å². The quantitative estimate of drug-likeness (QED) is 0.404. The van der Waals surface area contributed by atoms with E-state index in [1.54, 1.807) is 11.8 Å². The highest BCUT2D eigenvalue weighted by molar-refractivity contribution is 7.62. The number of aryl methyl sites for hydroxylation is 1. The lowest BCUT2D eigenvalue weighted by molar-refractivity contribution is 0.266. The number of aromatic nitrogens is 2. The number of likely N-dealkylation sites (N-methyl/N-ethyl adjacent to an activating group) is 1. The molecule has 1 aromatic heterocycles. The Hall–Kier alpha value is -2.40. The van der Waals surface area contributed by atoms with Crippen molar-refractivity contribution in [3.05, 3.63) is 69.9 Å². The fourth-order valence-corrected chi connectivity index (χ4v) is 7.80. The van der Waals surface area contributed by atoms with Crippen molar-refractivity contribution in [2.24, 2.45) is 0 Å². The Kier molecular flexibility index (Phi) is 5.67. The van der Waals surface area contributed by atoms with Crippen molar-refractivity contribution in [3.63, 3.8) is 0 Å². The number of nitrogens with one attached hydrogen (secondary N) is 1. The van der Waals surface area contributed by atoms with Crippen LogP contribution in [-0.2, 0) is 17.5 Å². The molecule has 0 radical (unpaired) electrons. The van der Waals surface area contributed by atoms with Crippen LogP contribution < -0.4 is 10.2 Å². The van der Waals surface area contributed by atoms with Crippen molar-refractivity contribution >= 4 is 41.9 Å². The van der Waals surface area contributed by atoms with E-state index in [0.717, 1.165) is 36.4 Å². The van der Waals surface area contributed by atoms with Crippen LogP contribution in [0.25, 0.3) is 0 Å². The number of hydrogen-bond donors (Lipinski definition) is 1. The lowest BCUT2D eigenvalue weighted by Gasteiger charge is -2.37. The lowest BCUT2D eigenvalue weighted by Crippen LogP contribution is -2.33. The molecular formula is C27H31ClN5OP. The summed E-state index contributed by atoms with van der Waals surface area (Å²) in [6, 6.07) is 12.7. The summed E-state index contributed by atoms with van der Waals surface area (Å²) in [5, 5.41) is 3.94. The zero-order chi connectivity index (χ0) is 24.3. The fourth-order valence-electron chi connectivity index (χ4n) is 6.16. The van der Waals surface area contributed by atoms with Gasteiger partial charge in [-0.25, -0.2) is 4.98 Å². The average molecular weight is 508 g/mol. The highest BCUT2D eigenvalue weighted by atomic mass is 35.5. The first-order valence-corrected chi connectivity index (χ1v) is 15.4. The molecule has 0 fully saturated rings. The van der Waals surface area contributed by atoms with E-state index in [1.807, 2.05) is 25.5 Å². The highest BCUT2D eigenvalue weighted by Crippen LogP contribution is 2.59. The molecule has 8 heteroatoms. The van der Waals surface area contributed by atoms with E-state index in [0.29, 0.717) is 29.3 Å². The van der Waals surface area contributed by atoms with Crippen LogP contribution in [0.4, 0.5) is 23.1 Å². The lowest BCUT2D eigenvalue weighted by atomic mass is 9.77. The molecule has 3 heterocycles. The summed E-state index contributed by atoms with van der Waals surface area (Å²) in [6.45, 7) is 6.43. The topological polar surface area (TPSA) is 61.4 Å². The molecule has 2 aromatic carbocycles. The molecule has 0 spiro atoms. The van der Waals surface area contributed by atoms with Crippen molar-refractivity contribution in [1.29, 1.82) is 0 Å². The van der Waals surface area contributed by atoms with E-state index >= 15 is 0 Å². The largest absolute Gasteiger partial charge is 0.324 e. The van der Waals surface area contributed by atoms with Gasteiger partial charge in [-0.3, -0.25) is 0 Å². The van der Waals surface area contributed by atoms with Crippen molar-refractivity contribution in [2.45, 2.75) is 37.4 Å². The first kappa shape index (κ1) is 23.0. The summed E-state index contributed by atoms with van der Waals surface area (Å²) in [4.78, 5) is 13.9. The normalized spacial score (nSPS) is 21.5. The summed E-state index contributed by atoms with van der Waals surface area (Å²) in [7, 11) is -0.151. The maximum Gasteiger partial charge on any atom is 0.229 e. The van der Waals surface area contributed by atoms with Gasteiger partial charge in [0.1, 0.15) is 5.02 Å². The first-order valence-electron chi connectivity index (χ1n) is 12.3. The second-order valence-corrected chi connectivity index (χ2v) is 14.5. The molecule has 0 saturated carbocycles. The second kappa shape index (κ2) is 8.62. The minimum absolute atomic E-state index is 0.0418. The minimum atomic E-state index is -2.36. The molecule has 0 saturated heterocycles.